The summed E-state index contributed by atoms with van der Waals surface area (Å²) in [5, 5.41) is -0.0466. The fourth-order valence-electron chi connectivity index (χ4n) is 0.988. The first-order chi connectivity index (χ1) is 7.91. The summed E-state index contributed by atoms with van der Waals surface area (Å²) in [7, 11) is 1.36. The molecule has 0 amide bonds. The molecule has 0 unspecified atom stereocenters. The molecule has 0 aliphatic carbocycles. The molecule has 0 atom stereocenters. The number of carbonyl (C=O) groups excluding carboxylic acids is 1. The molecule has 0 aliphatic rings. The molecule has 0 aromatic carbocycles. The minimum absolute atomic E-state index is 0.0417. The van der Waals surface area contributed by atoms with Gasteiger partial charge in [0.25, 0.3) is 0 Å². The molecule has 0 radical (unpaired) electrons. The first-order valence-electron chi connectivity index (χ1n) is 4.67. The lowest BCUT2D eigenvalue weighted by Gasteiger charge is -2.19. The number of methoxy groups -OCH3 is 1. The van der Waals surface area contributed by atoms with Gasteiger partial charge in [0.05, 0.1) is 7.11 Å². The quantitative estimate of drug-likeness (QED) is 0.467. The van der Waals surface area contributed by atoms with E-state index in [-0.39, 0.29) is 16.6 Å². The maximum Gasteiger partial charge on any atom is 0.348 e. The van der Waals surface area contributed by atoms with Gasteiger partial charge in [-0.1, -0.05) is 17.5 Å². The highest BCUT2D eigenvalue weighted by Gasteiger charge is 2.26. The molecule has 5 nitrogen and oxygen atoms in total. The van der Waals surface area contributed by atoms with Crippen molar-refractivity contribution in [1.29, 1.82) is 0 Å². The van der Waals surface area contributed by atoms with Crippen molar-refractivity contribution in [2.75, 3.05) is 7.11 Å². The summed E-state index contributed by atoms with van der Waals surface area (Å²) < 4.78 is 9.98. The largest absolute Gasteiger partial charge is 0.480 e. The molecule has 90 valence electrons. The molecule has 6 heteroatoms. The van der Waals surface area contributed by atoms with E-state index in [4.69, 9.17) is 27.5 Å². The van der Waals surface area contributed by atoms with Gasteiger partial charge in [-0.15, -0.1) is 6.42 Å². The molecule has 0 spiro atoms. The minimum Gasteiger partial charge on any atom is -0.480 e. The van der Waals surface area contributed by atoms with Crippen molar-refractivity contribution in [3.8, 4) is 18.2 Å². The van der Waals surface area contributed by atoms with E-state index < -0.39 is 11.6 Å². The number of esters is 1. The molecule has 0 saturated heterocycles. The Morgan fingerprint density at radius 2 is 2.18 bits per heavy atom. The molecule has 1 heterocycles. The van der Waals surface area contributed by atoms with E-state index in [1.807, 2.05) is 0 Å². The summed E-state index contributed by atoms with van der Waals surface area (Å²) in [6.45, 7) is 3.16. The average molecular weight is 255 g/mol. The molecule has 0 N–H and O–H groups in total. The van der Waals surface area contributed by atoms with Crippen LogP contribution in [0.25, 0.3) is 0 Å². The van der Waals surface area contributed by atoms with Crippen molar-refractivity contribution < 1.29 is 14.3 Å². The highest BCUT2D eigenvalue weighted by molar-refractivity contribution is 6.32. The summed E-state index contributed by atoms with van der Waals surface area (Å²) in [6, 6.07) is 0. The first-order valence-corrected chi connectivity index (χ1v) is 5.04. The molecule has 17 heavy (non-hydrogen) atoms. The topological polar surface area (TPSA) is 61.3 Å². The van der Waals surface area contributed by atoms with Gasteiger partial charge in [-0.05, 0) is 13.8 Å². The van der Waals surface area contributed by atoms with Gasteiger partial charge in [-0.3, -0.25) is 0 Å². The van der Waals surface area contributed by atoms with E-state index in [1.165, 1.54) is 13.4 Å². The summed E-state index contributed by atoms with van der Waals surface area (Å²) in [5.74, 6) is 1.65. The van der Waals surface area contributed by atoms with Crippen LogP contribution in [0.2, 0.25) is 5.15 Å². The lowest BCUT2D eigenvalue weighted by atomic mass is 10.1. The molecule has 1 aromatic rings. The van der Waals surface area contributed by atoms with Crippen LogP contribution in [0, 0.1) is 12.3 Å². The third-order valence-corrected chi connectivity index (χ3v) is 2.15. The normalized spacial score (nSPS) is 10.5. The van der Waals surface area contributed by atoms with Gasteiger partial charge in [-0.2, -0.15) is 0 Å². The zero-order valence-corrected chi connectivity index (χ0v) is 10.4. The van der Waals surface area contributed by atoms with Gasteiger partial charge in [-0.25, -0.2) is 14.8 Å². The minimum atomic E-state index is -1.04. The zero-order chi connectivity index (χ0) is 13.1. The molecule has 1 rings (SSSR count). The summed E-state index contributed by atoms with van der Waals surface area (Å²) in [4.78, 5) is 19.3. The van der Waals surface area contributed by atoms with Crippen molar-refractivity contribution in [2.24, 2.45) is 0 Å². The number of aromatic nitrogens is 2. The number of nitrogens with zero attached hydrogens (tertiary/aromatic N) is 2. The summed E-state index contributed by atoms with van der Waals surface area (Å²) in [6.07, 6.45) is 6.40. The van der Waals surface area contributed by atoms with Crippen molar-refractivity contribution >= 4 is 17.6 Å². The van der Waals surface area contributed by atoms with Crippen molar-refractivity contribution in [3.05, 3.63) is 17.0 Å². The predicted molar refractivity (Wildman–Crippen MR) is 61.9 cm³/mol. The van der Waals surface area contributed by atoms with E-state index >= 15 is 0 Å². The van der Waals surface area contributed by atoms with Gasteiger partial charge >= 0.3 is 5.97 Å². The molecule has 0 fully saturated rings. The highest BCUT2D eigenvalue weighted by Crippen LogP contribution is 2.24. The van der Waals surface area contributed by atoms with Crippen LogP contribution in [-0.4, -0.2) is 28.6 Å². The van der Waals surface area contributed by atoms with Crippen LogP contribution in [0.15, 0.2) is 6.33 Å². The molecule has 0 saturated carbocycles. The molecular formula is C11H11ClN2O3. The van der Waals surface area contributed by atoms with E-state index in [9.17, 15) is 4.79 Å². The van der Waals surface area contributed by atoms with Crippen LogP contribution in [-0.2, 0) is 4.74 Å². The Morgan fingerprint density at radius 3 is 2.71 bits per heavy atom. The van der Waals surface area contributed by atoms with Crippen molar-refractivity contribution in [3.63, 3.8) is 0 Å². The second-order valence-electron chi connectivity index (χ2n) is 3.59. The standard InChI is InChI=1S/C11H11ClN2O3/c1-5-11(2,3)17-10(15)7-8(12)13-6-14-9(7)16-4/h1,6H,2-4H3. The SMILES string of the molecule is C#CC(C)(C)OC(=O)c1c(Cl)ncnc1OC. The lowest BCUT2D eigenvalue weighted by molar-refractivity contribution is 0.0200. The fourth-order valence-corrected chi connectivity index (χ4v) is 1.19. The summed E-state index contributed by atoms with van der Waals surface area (Å²) >= 11 is 5.79. The van der Waals surface area contributed by atoms with Crippen LogP contribution < -0.4 is 4.74 Å². The van der Waals surface area contributed by atoms with Gasteiger partial charge < -0.3 is 9.47 Å². The predicted octanol–water partition coefficient (Wildman–Crippen LogP) is 1.71. The second-order valence-corrected chi connectivity index (χ2v) is 3.95. The van der Waals surface area contributed by atoms with Crippen molar-refractivity contribution in [2.45, 2.75) is 19.4 Å². The number of ether oxygens (including phenoxy) is 2. The van der Waals surface area contributed by atoms with E-state index in [0.29, 0.717) is 0 Å². The molecule has 0 bridgehead atoms. The van der Waals surface area contributed by atoms with Gasteiger partial charge in [0.1, 0.15) is 6.33 Å². The Labute approximate surface area is 104 Å². The first kappa shape index (κ1) is 13.3. The van der Waals surface area contributed by atoms with Crippen LogP contribution in [0.3, 0.4) is 0 Å². The number of halogens is 1. The van der Waals surface area contributed by atoms with Crippen molar-refractivity contribution in [1.82, 2.24) is 9.97 Å². The van der Waals surface area contributed by atoms with E-state index in [0.717, 1.165) is 0 Å². The Bertz CT molecular complexity index is 480. The van der Waals surface area contributed by atoms with Gasteiger partial charge in [0, 0.05) is 0 Å². The molecule has 1 aromatic heterocycles. The number of hydrogen-bond donors (Lipinski definition) is 0. The van der Waals surface area contributed by atoms with Gasteiger partial charge in [0.2, 0.25) is 5.88 Å². The van der Waals surface area contributed by atoms with E-state index in [2.05, 4.69) is 15.9 Å². The maximum absolute atomic E-state index is 11.9. The smallest absolute Gasteiger partial charge is 0.348 e. The second kappa shape index (κ2) is 5.02. The Hall–Kier alpha value is -1.80. The number of rotatable bonds is 3. The fraction of sp³-hybridized carbons (Fsp3) is 0.364. The zero-order valence-electron chi connectivity index (χ0n) is 9.65. The lowest BCUT2D eigenvalue weighted by Crippen LogP contribution is -2.26. The highest BCUT2D eigenvalue weighted by atomic mass is 35.5. The Kier molecular flexibility index (Phi) is 3.92. The Morgan fingerprint density at radius 1 is 1.53 bits per heavy atom. The maximum atomic E-state index is 11.9. The average Bonchev–Trinajstić information content (AvgIpc) is 2.27. The van der Waals surface area contributed by atoms with Crippen LogP contribution in [0.4, 0.5) is 0 Å². The Balaban J connectivity index is 3.09. The third kappa shape index (κ3) is 3.08. The van der Waals surface area contributed by atoms with Crippen LogP contribution >= 0.6 is 11.6 Å². The van der Waals surface area contributed by atoms with Crippen LogP contribution in [0.1, 0.15) is 24.2 Å². The molecular weight excluding hydrogens is 244 g/mol. The van der Waals surface area contributed by atoms with E-state index in [1.54, 1.807) is 13.8 Å². The third-order valence-electron chi connectivity index (χ3n) is 1.86. The molecule has 0 aliphatic heterocycles. The van der Waals surface area contributed by atoms with Crippen LogP contribution in [0.5, 0.6) is 5.88 Å². The summed E-state index contributed by atoms with van der Waals surface area (Å²) in [5.41, 5.74) is -1.08. The number of hydrogen-bond acceptors (Lipinski definition) is 5. The van der Waals surface area contributed by atoms with Gasteiger partial charge in [0.15, 0.2) is 16.3 Å². The number of carbonyl (C=O) groups is 1. The number of terminal acetylenes is 1. The monoisotopic (exact) mass is 254 g/mol.